The minimum atomic E-state index is -2.18. The maximum atomic E-state index is 11.2. The molecule has 4 nitrogen and oxygen atoms in total. The van der Waals surface area contributed by atoms with Crippen LogP contribution in [0.4, 0.5) is 0 Å². The lowest BCUT2D eigenvalue weighted by Gasteiger charge is -2.24. The highest BCUT2D eigenvalue weighted by molar-refractivity contribution is 6.66. The molecule has 0 rings (SSSR count). The molecule has 0 aromatic heterocycles. The van der Waals surface area contributed by atoms with Crippen LogP contribution in [-0.4, -0.2) is 39.8 Å². The first-order valence-electron chi connectivity index (χ1n) is 8.03. The number of hydrogen-bond acceptors (Lipinski definition) is 4. The summed E-state index contributed by atoms with van der Waals surface area (Å²) in [4.78, 5) is 11.2. The molecule has 21 heavy (non-hydrogen) atoms. The van der Waals surface area contributed by atoms with Gasteiger partial charge in [0, 0.05) is 13.7 Å². The Bertz CT molecular complexity index is 283. The van der Waals surface area contributed by atoms with E-state index in [2.05, 4.69) is 6.58 Å². The molecule has 1 atom stereocenters. The fourth-order valence-electron chi connectivity index (χ4n) is 2.13. The Morgan fingerprint density at radius 3 is 2.10 bits per heavy atom. The highest BCUT2D eigenvalue weighted by atomic mass is 28.4. The summed E-state index contributed by atoms with van der Waals surface area (Å²) in [5, 5.41) is 8.69. The normalized spacial score (nSPS) is 13.9. The highest BCUT2D eigenvalue weighted by Crippen LogP contribution is 2.18. The van der Waals surface area contributed by atoms with Crippen LogP contribution in [0.2, 0.25) is 12.6 Å². The number of carbonyl (C=O) groups excluding carboxylic acids is 1. The van der Waals surface area contributed by atoms with Crippen LogP contribution in [0.1, 0.15) is 51.4 Å². The average Bonchev–Trinajstić information content (AvgIpc) is 2.51. The van der Waals surface area contributed by atoms with Crippen molar-refractivity contribution in [2.45, 2.75) is 64.0 Å². The molecule has 0 aliphatic heterocycles. The van der Waals surface area contributed by atoms with Gasteiger partial charge in [-0.25, -0.2) is 0 Å². The SMILES string of the molecule is C=CC(=O)CO[Si](C)(CCCCCCCCCCO)OC. The highest BCUT2D eigenvalue weighted by Gasteiger charge is 2.29. The first kappa shape index (κ1) is 20.5. The van der Waals surface area contributed by atoms with Crippen LogP contribution in [0, 0.1) is 0 Å². The maximum absolute atomic E-state index is 11.2. The van der Waals surface area contributed by atoms with Gasteiger partial charge in [-0.15, -0.1) is 0 Å². The zero-order valence-corrected chi connectivity index (χ0v) is 14.7. The van der Waals surface area contributed by atoms with Gasteiger partial charge in [0.2, 0.25) is 0 Å². The standard InChI is InChI=1S/C16H32O4Si/c1-4-16(18)15-20-21(3,19-2)14-12-10-8-6-5-7-9-11-13-17/h4,17H,1,5-15H2,2-3H3. The van der Waals surface area contributed by atoms with Crippen molar-refractivity contribution in [1.29, 1.82) is 0 Å². The number of carbonyl (C=O) groups is 1. The number of aliphatic hydroxyl groups is 1. The summed E-state index contributed by atoms with van der Waals surface area (Å²) < 4.78 is 11.2. The van der Waals surface area contributed by atoms with Crippen LogP contribution in [0.5, 0.6) is 0 Å². The van der Waals surface area contributed by atoms with Crippen molar-refractivity contribution in [3.8, 4) is 0 Å². The molecular weight excluding hydrogens is 284 g/mol. The van der Waals surface area contributed by atoms with Crippen LogP contribution in [0.15, 0.2) is 12.7 Å². The third-order valence-electron chi connectivity index (χ3n) is 3.72. The lowest BCUT2D eigenvalue weighted by atomic mass is 10.1. The van der Waals surface area contributed by atoms with Crippen LogP contribution in [0.3, 0.4) is 0 Å². The Hall–Kier alpha value is -0.493. The van der Waals surface area contributed by atoms with Crippen LogP contribution < -0.4 is 0 Å². The minimum absolute atomic E-state index is 0.0882. The van der Waals surface area contributed by atoms with E-state index in [1.165, 1.54) is 38.2 Å². The van der Waals surface area contributed by atoms with Gasteiger partial charge in [0.25, 0.3) is 0 Å². The molecule has 0 aliphatic carbocycles. The maximum Gasteiger partial charge on any atom is 0.335 e. The van der Waals surface area contributed by atoms with Crippen LogP contribution in [-0.2, 0) is 13.6 Å². The van der Waals surface area contributed by atoms with E-state index in [1.807, 2.05) is 6.55 Å². The van der Waals surface area contributed by atoms with E-state index >= 15 is 0 Å². The molecule has 0 spiro atoms. The molecule has 0 fully saturated rings. The first-order valence-corrected chi connectivity index (χ1v) is 10.6. The molecule has 0 bridgehead atoms. The summed E-state index contributed by atoms with van der Waals surface area (Å²) in [5.74, 6) is -0.0892. The quantitative estimate of drug-likeness (QED) is 0.285. The van der Waals surface area contributed by atoms with Crippen molar-refractivity contribution < 1.29 is 18.8 Å². The lowest BCUT2D eigenvalue weighted by molar-refractivity contribution is -0.117. The summed E-state index contributed by atoms with van der Waals surface area (Å²) in [6.45, 7) is 5.86. The second-order valence-corrected chi connectivity index (χ2v) is 9.06. The molecule has 0 saturated heterocycles. The summed E-state index contributed by atoms with van der Waals surface area (Å²) >= 11 is 0. The summed E-state index contributed by atoms with van der Waals surface area (Å²) in [7, 11) is -0.513. The van der Waals surface area contributed by atoms with Gasteiger partial charge in [0.15, 0.2) is 5.78 Å². The second kappa shape index (κ2) is 13.2. The van der Waals surface area contributed by atoms with E-state index in [-0.39, 0.29) is 12.4 Å². The first-order chi connectivity index (χ1) is 10.1. The minimum Gasteiger partial charge on any atom is -0.398 e. The fraction of sp³-hybridized carbons (Fsp3) is 0.812. The molecule has 0 heterocycles. The van der Waals surface area contributed by atoms with Crippen molar-refractivity contribution in [1.82, 2.24) is 0 Å². The number of hydrogen-bond donors (Lipinski definition) is 1. The molecule has 5 heteroatoms. The average molecular weight is 317 g/mol. The van der Waals surface area contributed by atoms with Crippen molar-refractivity contribution in [2.24, 2.45) is 0 Å². The Morgan fingerprint density at radius 1 is 1.10 bits per heavy atom. The molecule has 0 radical (unpaired) electrons. The molecule has 1 unspecified atom stereocenters. The molecule has 0 amide bonds. The zero-order valence-electron chi connectivity index (χ0n) is 13.7. The molecular formula is C16H32O4Si. The predicted molar refractivity (Wildman–Crippen MR) is 88.6 cm³/mol. The van der Waals surface area contributed by atoms with Gasteiger partial charge in [0.05, 0.1) is 6.61 Å². The van der Waals surface area contributed by atoms with Crippen molar-refractivity contribution in [2.75, 3.05) is 20.3 Å². The molecule has 1 N–H and O–H groups in total. The number of rotatable bonds is 15. The molecule has 124 valence electrons. The van der Waals surface area contributed by atoms with Gasteiger partial charge in [-0.1, -0.05) is 51.5 Å². The topological polar surface area (TPSA) is 55.8 Å². The van der Waals surface area contributed by atoms with Gasteiger partial charge in [-0.2, -0.15) is 0 Å². The Balaban J connectivity index is 3.62. The van der Waals surface area contributed by atoms with E-state index in [0.717, 1.165) is 25.3 Å². The van der Waals surface area contributed by atoms with E-state index in [1.54, 1.807) is 7.11 Å². The van der Waals surface area contributed by atoms with Gasteiger partial charge in [-0.3, -0.25) is 4.79 Å². The Labute approximate surface area is 130 Å². The Morgan fingerprint density at radius 2 is 1.62 bits per heavy atom. The van der Waals surface area contributed by atoms with E-state index in [4.69, 9.17) is 14.0 Å². The number of aliphatic hydroxyl groups excluding tert-OH is 1. The van der Waals surface area contributed by atoms with Gasteiger partial charge < -0.3 is 14.0 Å². The summed E-state index contributed by atoms with van der Waals surface area (Å²) in [6, 6.07) is 0.929. The molecule has 0 aliphatic rings. The van der Waals surface area contributed by atoms with Crippen LogP contribution in [0.25, 0.3) is 0 Å². The Kier molecular flexibility index (Phi) is 12.9. The monoisotopic (exact) mass is 316 g/mol. The summed E-state index contributed by atoms with van der Waals surface area (Å²) in [6.07, 6.45) is 10.6. The second-order valence-electron chi connectivity index (χ2n) is 5.60. The van der Waals surface area contributed by atoms with Gasteiger partial charge in [0.1, 0.15) is 0 Å². The van der Waals surface area contributed by atoms with E-state index in [9.17, 15) is 4.79 Å². The van der Waals surface area contributed by atoms with Gasteiger partial charge in [-0.05, 0) is 25.1 Å². The third-order valence-corrected chi connectivity index (χ3v) is 6.60. The predicted octanol–water partition coefficient (Wildman–Crippen LogP) is 3.59. The molecule has 0 saturated carbocycles. The summed E-state index contributed by atoms with van der Waals surface area (Å²) in [5.41, 5.74) is 0. The molecule has 0 aromatic rings. The van der Waals surface area contributed by atoms with Crippen molar-refractivity contribution in [3.05, 3.63) is 12.7 Å². The van der Waals surface area contributed by atoms with Gasteiger partial charge >= 0.3 is 8.56 Å². The zero-order chi connectivity index (χ0) is 16.0. The van der Waals surface area contributed by atoms with Crippen molar-refractivity contribution >= 4 is 14.3 Å². The smallest absolute Gasteiger partial charge is 0.335 e. The van der Waals surface area contributed by atoms with Crippen molar-refractivity contribution in [3.63, 3.8) is 0 Å². The number of ketones is 1. The van der Waals surface area contributed by atoms with Crippen LogP contribution >= 0.6 is 0 Å². The fourth-order valence-corrected chi connectivity index (χ4v) is 3.94. The van der Waals surface area contributed by atoms with E-state index < -0.39 is 8.56 Å². The van der Waals surface area contributed by atoms with E-state index in [0.29, 0.717) is 6.61 Å². The number of unbranched alkanes of at least 4 members (excludes halogenated alkanes) is 7. The third kappa shape index (κ3) is 11.8. The largest absolute Gasteiger partial charge is 0.398 e. The lowest BCUT2D eigenvalue weighted by Crippen LogP contribution is -2.38. The molecule has 0 aromatic carbocycles.